The number of methoxy groups -OCH3 is 1. The van der Waals surface area contributed by atoms with Crippen LogP contribution < -0.4 is 24.8 Å². The first kappa shape index (κ1) is 33.2. The predicted molar refractivity (Wildman–Crippen MR) is 188 cm³/mol. The molecule has 0 bridgehead atoms. The third kappa shape index (κ3) is 8.05. The molecule has 0 saturated carbocycles. The quantitative estimate of drug-likeness (QED) is 0.132. The molecule has 11 heteroatoms. The van der Waals surface area contributed by atoms with Crippen molar-refractivity contribution in [1.29, 1.82) is 0 Å². The molecule has 5 aromatic carbocycles. The topological polar surface area (TPSA) is 126 Å². The number of fused-ring (bicyclic) bond motifs is 1. The van der Waals surface area contributed by atoms with Gasteiger partial charge in [-0.2, -0.15) is 0 Å². The number of carbonyl (C=O) groups excluding carboxylic acids is 2. The average Bonchev–Trinajstić information content (AvgIpc) is 3.52. The first-order chi connectivity index (χ1) is 23.8. The van der Waals surface area contributed by atoms with Crippen molar-refractivity contribution in [3.63, 3.8) is 0 Å². The number of carboxylic acids is 1. The lowest BCUT2D eigenvalue weighted by Crippen LogP contribution is -2.40. The van der Waals surface area contributed by atoms with Crippen LogP contribution in [0.2, 0.25) is 5.02 Å². The van der Waals surface area contributed by atoms with Crippen molar-refractivity contribution in [1.82, 2.24) is 4.90 Å². The molecule has 0 unspecified atom stereocenters. The van der Waals surface area contributed by atoms with E-state index in [2.05, 4.69) is 10.6 Å². The van der Waals surface area contributed by atoms with Gasteiger partial charge in [0.1, 0.15) is 30.0 Å². The molecular formula is C38H34ClN3O7. The van der Waals surface area contributed by atoms with Crippen LogP contribution in [0.15, 0.2) is 109 Å². The molecule has 0 spiro atoms. The van der Waals surface area contributed by atoms with Crippen LogP contribution in [-0.2, 0) is 11.2 Å². The number of benzene rings is 5. The molecule has 6 rings (SSSR count). The van der Waals surface area contributed by atoms with Crippen LogP contribution in [0.3, 0.4) is 0 Å². The summed E-state index contributed by atoms with van der Waals surface area (Å²) in [5.74, 6) is 0.490. The van der Waals surface area contributed by atoms with Gasteiger partial charge in [0.05, 0.1) is 48.1 Å². The van der Waals surface area contributed by atoms with Crippen molar-refractivity contribution >= 4 is 51.7 Å². The number of carboxylic acid groups (broad SMARTS) is 1. The van der Waals surface area contributed by atoms with Crippen LogP contribution >= 0.6 is 11.6 Å². The second kappa shape index (κ2) is 15.0. The average molecular weight is 680 g/mol. The van der Waals surface area contributed by atoms with Gasteiger partial charge in [0, 0.05) is 11.8 Å². The molecule has 1 aliphatic heterocycles. The number of para-hydroxylation sites is 1. The Labute approximate surface area is 288 Å². The Morgan fingerprint density at radius 3 is 2.37 bits per heavy atom. The molecule has 2 atom stereocenters. The highest BCUT2D eigenvalue weighted by atomic mass is 35.5. The van der Waals surface area contributed by atoms with E-state index in [0.29, 0.717) is 46.4 Å². The monoisotopic (exact) mass is 679 g/mol. The maximum absolute atomic E-state index is 13.9. The number of likely N-dealkylation sites (tertiary alicyclic amines) is 1. The minimum Gasteiger partial charge on any atom is -0.495 e. The van der Waals surface area contributed by atoms with Gasteiger partial charge in [0.2, 0.25) is 5.91 Å². The zero-order chi connectivity index (χ0) is 34.3. The van der Waals surface area contributed by atoms with Crippen LogP contribution in [0, 0.1) is 0 Å². The highest BCUT2D eigenvalue weighted by Crippen LogP contribution is 2.31. The lowest BCUT2D eigenvalue weighted by atomic mass is 10.1. The molecule has 3 N–H and O–H groups in total. The molecular weight excluding hydrogens is 646 g/mol. The van der Waals surface area contributed by atoms with E-state index in [1.54, 1.807) is 59.5 Å². The Balaban J connectivity index is 1.16. The molecule has 49 heavy (non-hydrogen) atoms. The minimum atomic E-state index is -1.02. The van der Waals surface area contributed by atoms with Crippen molar-refractivity contribution in [2.45, 2.75) is 25.0 Å². The van der Waals surface area contributed by atoms with Crippen molar-refractivity contribution in [3.8, 4) is 17.2 Å². The minimum absolute atomic E-state index is 0.0766. The Morgan fingerprint density at radius 2 is 1.59 bits per heavy atom. The van der Waals surface area contributed by atoms with Crippen molar-refractivity contribution in [2.75, 3.05) is 30.9 Å². The van der Waals surface area contributed by atoms with E-state index in [9.17, 15) is 19.5 Å². The van der Waals surface area contributed by atoms with Gasteiger partial charge in [-0.05, 0) is 65.5 Å². The molecule has 1 fully saturated rings. The summed E-state index contributed by atoms with van der Waals surface area (Å²) in [6.45, 7) is 0.549. The van der Waals surface area contributed by atoms with Gasteiger partial charge in [-0.25, -0.2) is 9.59 Å². The van der Waals surface area contributed by atoms with Crippen LogP contribution in [0.25, 0.3) is 10.8 Å². The van der Waals surface area contributed by atoms with E-state index in [1.165, 1.54) is 19.2 Å². The van der Waals surface area contributed by atoms with Gasteiger partial charge in [-0.15, -0.1) is 0 Å². The van der Waals surface area contributed by atoms with Crippen LogP contribution in [-0.4, -0.2) is 60.3 Å². The second-order valence-electron chi connectivity index (χ2n) is 11.6. The van der Waals surface area contributed by atoms with Crippen LogP contribution in [0.5, 0.6) is 17.2 Å². The number of rotatable bonds is 11. The molecule has 0 aliphatic carbocycles. The first-order valence-electron chi connectivity index (χ1n) is 15.7. The van der Waals surface area contributed by atoms with Gasteiger partial charge in [-0.3, -0.25) is 4.79 Å². The molecule has 5 aromatic rings. The third-order valence-corrected chi connectivity index (χ3v) is 8.60. The number of halogens is 1. The Hall–Kier alpha value is -5.74. The summed E-state index contributed by atoms with van der Waals surface area (Å²) in [5, 5.41) is 17.2. The number of urea groups is 1. The van der Waals surface area contributed by atoms with Crippen molar-refractivity contribution in [2.24, 2.45) is 0 Å². The molecule has 1 saturated heterocycles. The fourth-order valence-electron chi connectivity index (χ4n) is 5.85. The molecule has 10 nitrogen and oxygen atoms in total. The summed E-state index contributed by atoms with van der Waals surface area (Å²) in [6, 6.07) is 31.3. The largest absolute Gasteiger partial charge is 0.495 e. The number of carbonyl (C=O) groups is 3. The number of ether oxygens (including phenoxy) is 3. The Kier molecular flexibility index (Phi) is 10.2. The number of nitrogens with one attached hydrogen (secondary N) is 2. The maximum Gasteiger partial charge on any atom is 0.335 e. The van der Waals surface area contributed by atoms with E-state index in [4.69, 9.17) is 25.8 Å². The smallest absolute Gasteiger partial charge is 0.335 e. The van der Waals surface area contributed by atoms with Crippen LogP contribution in [0.4, 0.5) is 16.2 Å². The molecule has 0 aromatic heterocycles. The number of nitrogens with zero attached hydrogens (tertiary/aromatic N) is 1. The summed E-state index contributed by atoms with van der Waals surface area (Å²) in [6.07, 6.45) is 0.331. The van der Waals surface area contributed by atoms with Gasteiger partial charge in [-0.1, -0.05) is 66.2 Å². The summed E-state index contributed by atoms with van der Waals surface area (Å²) >= 11 is 6.16. The van der Waals surface area contributed by atoms with Gasteiger partial charge < -0.3 is 34.9 Å². The fraction of sp³-hybridized carbons (Fsp3) is 0.184. The normalized spacial score (nSPS) is 15.4. The van der Waals surface area contributed by atoms with Gasteiger partial charge in [0.15, 0.2) is 0 Å². The highest BCUT2D eigenvalue weighted by molar-refractivity contribution is 6.33. The van der Waals surface area contributed by atoms with E-state index < -0.39 is 12.0 Å². The summed E-state index contributed by atoms with van der Waals surface area (Å²) in [4.78, 5) is 39.6. The number of hydrogen-bond donors (Lipinski definition) is 3. The van der Waals surface area contributed by atoms with E-state index in [-0.39, 0.29) is 36.6 Å². The lowest BCUT2D eigenvalue weighted by molar-refractivity contribution is -0.132. The molecule has 0 radical (unpaired) electrons. The summed E-state index contributed by atoms with van der Waals surface area (Å²) in [7, 11) is 1.49. The number of anilines is 2. The van der Waals surface area contributed by atoms with Crippen LogP contribution in [0.1, 0.15) is 22.3 Å². The Bertz CT molecular complexity index is 1980. The number of aromatic carboxylic acids is 1. The summed E-state index contributed by atoms with van der Waals surface area (Å²) in [5.41, 5.74) is 1.74. The number of amides is 3. The third-order valence-electron chi connectivity index (χ3n) is 8.27. The number of hydrogen-bond acceptors (Lipinski definition) is 6. The van der Waals surface area contributed by atoms with Crippen molar-refractivity contribution in [3.05, 3.63) is 125 Å². The molecule has 1 aliphatic rings. The zero-order valence-electron chi connectivity index (χ0n) is 26.6. The van der Waals surface area contributed by atoms with E-state index >= 15 is 0 Å². The van der Waals surface area contributed by atoms with Crippen molar-refractivity contribution < 1.29 is 33.7 Å². The summed E-state index contributed by atoms with van der Waals surface area (Å²) < 4.78 is 18.1. The lowest BCUT2D eigenvalue weighted by Gasteiger charge is -2.25. The van der Waals surface area contributed by atoms with Gasteiger partial charge >= 0.3 is 12.0 Å². The predicted octanol–water partition coefficient (Wildman–Crippen LogP) is 7.51. The van der Waals surface area contributed by atoms with E-state index in [0.717, 1.165) is 16.5 Å². The van der Waals surface area contributed by atoms with E-state index in [1.807, 2.05) is 42.5 Å². The maximum atomic E-state index is 13.9. The second-order valence-corrected chi connectivity index (χ2v) is 12.0. The molecule has 1 heterocycles. The molecule has 3 amide bonds. The Morgan fingerprint density at radius 1 is 0.857 bits per heavy atom. The fourth-order valence-corrected chi connectivity index (χ4v) is 6.03. The van der Waals surface area contributed by atoms with Gasteiger partial charge in [0.25, 0.3) is 0 Å². The standard InChI is InChI=1S/C38H34ClN3O7/c1-47-35-19-24(13-18-33(35)41-38(46)40-32-11-5-4-10-31(32)39)20-36(43)42-22-29(49-34-12-6-8-25-7-2-3-9-30(25)34)21-27(42)23-48-28-16-14-26(15-17-28)37(44)45/h2-19,27,29H,20-23H2,1H3,(H,44,45)(H2,40,41,46)/t27-,29-/m0/s1. The zero-order valence-corrected chi connectivity index (χ0v) is 27.4. The SMILES string of the molecule is COc1cc(CC(=O)N2C[C@@H](Oc3cccc4ccccc34)C[C@H]2COc2ccc(C(=O)O)cc2)ccc1NC(=O)Nc1ccccc1Cl. The highest BCUT2D eigenvalue weighted by Gasteiger charge is 2.37. The molecule has 250 valence electrons. The first-order valence-corrected chi connectivity index (χ1v) is 16.0.